The Morgan fingerprint density at radius 3 is 1.82 bits per heavy atom. The fraction of sp³-hybridized carbons (Fsp3) is 0.400. The molecule has 2 atom stereocenters. The van der Waals surface area contributed by atoms with Crippen LogP contribution in [0.4, 0.5) is 0 Å². The van der Waals surface area contributed by atoms with E-state index >= 15 is 0 Å². The van der Waals surface area contributed by atoms with Gasteiger partial charge in [-0.2, -0.15) is 12.1 Å². The maximum absolute atomic E-state index is 4.93. The van der Waals surface area contributed by atoms with Crippen LogP contribution in [0.2, 0.25) is 13.1 Å². The second-order valence-electron chi connectivity index (χ2n) is 12.7. The van der Waals surface area contributed by atoms with E-state index in [1.807, 2.05) is 0 Å². The predicted octanol–water partition coefficient (Wildman–Crippen LogP) is 13.8. The van der Waals surface area contributed by atoms with Crippen molar-refractivity contribution in [3.8, 4) is 11.1 Å². The van der Waals surface area contributed by atoms with E-state index in [4.69, 9.17) is 17.0 Å². The van der Waals surface area contributed by atoms with Gasteiger partial charge in [0.05, 0.1) is 0 Å². The monoisotopic (exact) mass is 720 g/mol. The molecule has 0 N–H and O–H groups in total. The molecule has 0 aliphatic heterocycles. The van der Waals surface area contributed by atoms with Crippen LogP contribution in [-0.2, 0) is 32.7 Å². The first-order valence-electron chi connectivity index (χ1n) is 16.0. The molecule has 0 aromatic heterocycles. The first kappa shape index (κ1) is 38.7. The van der Waals surface area contributed by atoms with Crippen LogP contribution < -0.4 is 0 Å². The summed E-state index contributed by atoms with van der Waals surface area (Å²) in [6.07, 6.45) is 3.52. The zero-order valence-corrected chi connectivity index (χ0v) is 33.6. The van der Waals surface area contributed by atoms with Crippen LogP contribution >= 0.6 is 17.0 Å². The van der Waals surface area contributed by atoms with Crippen LogP contribution in [0.3, 0.4) is 0 Å². The van der Waals surface area contributed by atoms with Crippen LogP contribution in [0.1, 0.15) is 102 Å². The number of rotatable bonds is 6. The summed E-state index contributed by atoms with van der Waals surface area (Å²) in [5, 5.41) is 5.61. The molecule has 5 aromatic carbocycles. The molecule has 0 bridgehead atoms. The molecule has 4 heteroatoms. The molecule has 2 unspecified atom stereocenters. The fourth-order valence-corrected chi connectivity index (χ4v) is 5.35. The zero-order chi connectivity index (χ0) is 32.9. The second kappa shape index (κ2) is 19.3. The van der Waals surface area contributed by atoms with Crippen molar-refractivity contribution in [3.05, 3.63) is 107 Å². The summed E-state index contributed by atoms with van der Waals surface area (Å²) in [5.41, 5.74) is 8.67. The molecule has 0 nitrogen and oxygen atoms in total. The molecular weight excluding hydrogens is 671 g/mol. The molecular formula is C40H52Cl2SiZr. The van der Waals surface area contributed by atoms with Crippen molar-refractivity contribution in [1.82, 2.24) is 0 Å². The quantitative estimate of drug-likeness (QED) is 0.121. The van der Waals surface area contributed by atoms with Crippen LogP contribution in [0.5, 0.6) is 0 Å². The average Bonchev–Trinajstić information content (AvgIpc) is 3.65. The molecule has 5 aromatic rings. The Labute approximate surface area is 290 Å². The van der Waals surface area contributed by atoms with Gasteiger partial charge in [0.2, 0.25) is 0 Å². The summed E-state index contributed by atoms with van der Waals surface area (Å²) >= 11 is -0.826. The van der Waals surface area contributed by atoms with E-state index in [1.165, 1.54) is 67.8 Å². The van der Waals surface area contributed by atoms with Gasteiger partial charge in [0.15, 0.2) is 0 Å². The minimum atomic E-state index is -0.826. The van der Waals surface area contributed by atoms with Crippen LogP contribution in [0, 0.1) is 0 Å². The van der Waals surface area contributed by atoms with Gasteiger partial charge in [-0.25, -0.2) is 0 Å². The third kappa shape index (κ3) is 10.8. The molecule has 0 aliphatic rings. The van der Waals surface area contributed by atoms with Crippen molar-refractivity contribution in [2.45, 2.75) is 105 Å². The third-order valence-electron chi connectivity index (χ3n) is 8.41. The van der Waals surface area contributed by atoms with Gasteiger partial charge in [-0.3, -0.25) is 0 Å². The van der Waals surface area contributed by atoms with Crippen LogP contribution in [0.25, 0.3) is 32.7 Å². The summed E-state index contributed by atoms with van der Waals surface area (Å²) in [7, 11) is 11.0. The van der Waals surface area contributed by atoms with Crippen molar-refractivity contribution in [3.63, 3.8) is 0 Å². The Morgan fingerprint density at radius 1 is 0.750 bits per heavy atom. The van der Waals surface area contributed by atoms with E-state index < -0.39 is 20.8 Å². The van der Waals surface area contributed by atoms with Gasteiger partial charge in [0, 0.05) is 9.52 Å². The predicted molar refractivity (Wildman–Crippen MR) is 199 cm³/mol. The topological polar surface area (TPSA) is 0 Å². The molecule has 234 valence electrons. The first-order valence-corrected chi connectivity index (χ1v) is 24.4. The molecule has 5 rings (SSSR count). The van der Waals surface area contributed by atoms with Gasteiger partial charge in [-0.05, 0) is 34.8 Å². The minimum absolute atomic E-state index is 0.209. The second-order valence-corrected chi connectivity index (χ2v) is 17.4. The number of fused-ring (bicyclic) bond motifs is 2. The SMILES string of the molecule is CCC(C)c1cc2c(C(C)CC)cccc2[cH-]1.CCc1cc2c(-c3ccc(C(C)(C)C)cc3)cccc2[cH-]1.C[Si]C.[Cl][Zr+2][Cl]. The van der Waals surface area contributed by atoms with E-state index in [1.54, 1.807) is 0 Å². The molecule has 0 saturated carbocycles. The molecule has 0 heterocycles. The number of halogens is 2. The Hall–Kier alpha value is -1.44. The molecule has 44 heavy (non-hydrogen) atoms. The normalized spacial score (nSPS) is 12.2. The summed E-state index contributed by atoms with van der Waals surface area (Å²) in [6, 6.07) is 31.8. The molecule has 0 spiro atoms. The van der Waals surface area contributed by atoms with Crippen molar-refractivity contribution in [2.75, 3.05) is 0 Å². The number of benzene rings is 3. The van der Waals surface area contributed by atoms with Gasteiger partial charge in [-0.15, -0.1) is 69.1 Å². The number of hydrogen-bond donors (Lipinski definition) is 0. The van der Waals surface area contributed by atoms with Gasteiger partial charge >= 0.3 is 37.9 Å². The van der Waals surface area contributed by atoms with Crippen LogP contribution in [-0.4, -0.2) is 9.52 Å². The summed E-state index contributed by atoms with van der Waals surface area (Å²) in [4.78, 5) is 0. The summed E-state index contributed by atoms with van der Waals surface area (Å²) in [5.74, 6) is 1.33. The van der Waals surface area contributed by atoms with E-state index in [9.17, 15) is 0 Å². The summed E-state index contributed by atoms with van der Waals surface area (Å²) in [6.45, 7) is 22.5. The Morgan fingerprint density at radius 2 is 1.30 bits per heavy atom. The van der Waals surface area contributed by atoms with Crippen molar-refractivity contribution >= 4 is 48.1 Å². The Kier molecular flexibility index (Phi) is 17.0. The summed E-state index contributed by atoms with van der Waals surface area (Å²) < 4.78 is 0. The Balaban J connectivity index is 0.000000265. The maximum atomic E-state index is 4.93. The van der Waals surface area contributed by atoms with Gasteiger partial charge in [-0.1, -0.05) is 129 Å². The molecule has 2 radical (unpaired) electrons. The van der Waals surface area contributed by atoms with Crippen molar-refractivity contribution in [1.29, 1.82) is 0 Å². The standard InChI is InChI=1S/C21H23.C17H23.C2H6Si.2ClH.Zr/c1-5-15-13-17-7-6-8-19(20(17)14-15)16-9-11-18(12-10-16)21(2,3)4;1-5-12(3)15-10-14-8-7-9-16(13(4)6-2)17(14)11-15;1-3-2;;;/h6-14H,5H2,1-4H3;7-13H,5-6H2,1-4H3;1-2H3;2*1H;/q2*-1;;;;+4/p-2. The van der Waals surface area contributed by atoms with Gasteiger partial charge < -0.3 is 0 Å². The van der Waals surface area contributed by atoms with E-state index in [0.29, 0.717) is 11.8 Å². The fourth-order valence-electron chi connectivity index (χ4n) is 5.35. The third-order valence-corrected chi connectivity index (χ3v) is 8.41. The molecule has 0 amide bonds. The van der Waals surface area contributed by atoms with E-state index in [-0.39, 0.29) is 5.41 Å². The van der Waals surface area contributed by atoms with E-state index in [0.717, 1.165) is 15.9 Å². The molecule has 0 aliphatic carbocycles. The number of hydrogen-bond acceptors (Lipinski definition) is 0. The first-order chi connectivity index (χ1) is 21.0. The van der Waals surface area contributed by atoms with Crippen LogP contribution in [0.15, 0.2) is 84.9 Å². The Bertz CT molecular complexity index is 1520. The van der Waals surface area contributed by atoms with Gasteiger partial charge in [0.25, 0.3) is 0 Å². The van der Waals surface area contributed by atoms with Crippen molar-refractivity contribution in [2.24, 2.45) is 0 Å². The van der Waals surface area contributed by atoms with E-state index in [2.05, 4.69) is 153 Å². The average molecular weight is 723 g/mol. The van der Waals surface area contributed by atoms with Gasteiger partial charge in [0.1, 0.15) is 0 Å². The number of aryl methyl sites for hydroxylation is 1. The molecule has 0 fully saturated rings. The van der Waals surface area contributed by atoms with Crippen molar-refractivity contribution < 1.29 is 20.8 Å². The molecule has 0 saturated heterocycles. The zero-order valence-electron chi connectivity index (χ0n) is 28.6.